The highest BCUT2D eigenvalue weighted by Gasteiger charge is 2.40. The molecule has 1 spiro atoms. The second-order valence-corrected chi connectivity index (χ2v) is 5.84. The van der Waals surface area contributed by atoms with E-state index < -0.39 is 5.79 Å². The number of amides is 1. The summed E-state index contributed by atoms with van der Waals surface area (Å²) in [4.78, 5) is 14.3. The quantitative estimate of drug-likeness (QED) is 0.853. The van der Waals surface area contributed by atoms with Crippen molar-refractivity contribution in [2.24, 2.45) is 0 Å². The van der Waals surface area contributed by atoms with Crippen molar-refractivity contribution in [3.05, 3.63) is 29.8 Å². The molecule has 5 heteroatoms. The number of methoxy groups -OCH3 is 1. The number of carbonyl (C=O) groups excluding carboxylic acids is 1. The van der Waals surface area contributed by atoms with Crippen molar-refractivity contribution >= 4 is 5.91 Å². The summed E-state index contributed by atoms with van der Waals surface area (Å²) in [7, 11) is 1.65. The van der Waals surface area contributed by atoms with E-state index in [1.807, 2.05) is 29.2 Å². The van der Waals surface area contributed by atoms with Gasteiger partial charge in [0.25, 0.3) is 0 Å². The van der Waals surface area contributed by atoms with Crippen LogP contribution in [-0.2, 0) is 20.7 Å². The molecule has 0 aliphatic carbocycles. The molecule has 0 bridgehead atoms. The Morgan fingerprint density at radius 3 is 2.68 bits per heavy atom. The predicted octanol–water partition coefficient (Wildman–Crippen LogP) is 1.99. The molecule has 0 aromatic heterocycles. The molecule has 1 aromatic carbocycles. The smallest absolute Gasteiger partial charge is 0.222 e. The molecule has 2 aliphatic rings. The van der Waals surface area contributed by atoms with E-state index in [4.69, 9.17) is 14.2 Å². The molecule has 1 amide bonds. The molecular weight excluding hydrogens is 282 g/mol. The lowest BCUT2D eigenvalue weighted by molar-refractivity contribution is -0.187. The van der Waals surface area contributed by atoms with Crippen molar-refractivity contribution in [1.29, 1.82) is 0 Å². The normalized spacial score (nSPS) is 20.3. The molecule has 5 nitrogen and oxygen atoms in total. The fourth-order valence-corrected chi connectivity index (χ4v) is 3.12. The van der Waals surface area contributed by atoms with Crippen LogP contribution in [0.2, 0.25) is 0 Å². The molecule has 22 heavy (non-hydrogen) atoms. The zero-order valence-electron chi connectivity index (χ0n) is 13.0. The largest absolute Gasteiger partial charge is 0.497 e. The van der Waals surface area contributed by atoms with Crippen LogP contribution in [0.1, 0.15) is 24.8 Å². The van der Waals surface area contributed by atoms with E-state index in [0.29, 0.717) is 19.6 Å². The minimum atomic E-state index is -0.413. The molecule has 1 aromatic rings. The fraction of sp³-hybridized carbons (Fsp3) is 0.588. The molecule has 0 atom stereocenters. The maximum atomic E-state index is 12.3. The molecule has 0 N–H and O–H groups in total. The summed E-state index contributed by atoms with van der Waals surface area (Å²) in [5, 5.41) is 0. The van der Waals surface area contributed by atoms with E-state index >= 15 is 0 Å². The first-order valence-corrected chi connectivity index (χ1v) is 7.89. The van der Waals surface area contributed by atoms with Gasteiger partial charge in [-0.05, 0) is 24.1 Å². The number of carbonyl (C=O) groups is 1. The monoisotopic (exact) mass is 305 g/mol. The van der Waals surface area contributed by atoms with Crippen LogP contribution in [0.15, 0.2) is 24.3 Å². The lowest BCUT2D eigenvalue weighted by Crippen LogP contribution is -2.47. The Morgan fingerprint density at radius 1 is 1.27 bits per heavy atom. The first-order chi connectivity index (χ1) is 10.7. The van der Waals surface area contributed by atoms with Crippen LogP contribution in [0.3, 0.4) is 0 Å². The summed E-state index contributed by atoms with van der Waals surface area (Å²) >= 11 is 0. The van der Waals surface area contributed by atoms with E-state index in [-0.39, 0.29) is 5.91 Å². The Labute approximate surface area is 131 Å². The Kier molecular flexibility index (Phi) is 4.64. The van der Waals surface area contributed by atoms with Crippen molar-refractivity contribution in [3.63, 3.8) is 0 Å². The van der Waals surface area contributed by atoms with Gasteiger partial charge in [-0.1, -0.05) is 12.1 Å². The van der Waals surface area contributed by atoms with Crippen LogP contribution < -0.4 is 4.74 Å². The number of piperidine rings is 1. The zero-order chi connectivity index (χ0) is 15.4. The molecule has 0 saturated carbocycles. The minimum Gasteiger partial charge on any atom is -0.497 e. The molecule has 0 radical (unpaired) electrons. The van der Waals surface area contributed by atoms with Crippen LogP contribution in [0, 0.1) is 0 Å². The third-order valence-electron chi connectivity index (χ3n) is 4.45. The van der Waals surface area contributed by atoms with Crippen molar-refractivity contribution in [2.75, 3.05) is 33.4 Å². The SMILES string of the molecule is COc1cccc(CCC(=O)N2CCC3(CC2)OCCO3)c1. The first-order valence-electron chi connectivity index (χ1n) is 7.89. The second-order valence-electron chi connectivity index (χ2n) is 5.84. The highest BCUT2D eigenvalue weighted by Crippen LogP contribution is 2.31. The lowest BCUT2D eigenvalue weighted by atomic mass is 10.0. The van der Waals surface area contributed by atoms with E-state index in [1.165, 1.54) is 0 Å². The molecule has 2 saturated heterocycles. The van der Waals surface area contributed by atoms with Gasteiger partial charge in [-0.3, -0.25) is 4.79 Å². The van der Waals surface area contributed by atoms with Crippen LogP contribution in [0.5, 0.6) is 5.75 Å². The third kappa shape index (κ3) is 3.42. The summed E-state index contributed by atoms with van der Waals surface area (Å²) in [5.41, 5.74) is 1.13. The van der Waals surface area contributed by atoms with Gasteiger partial charge in [-0.15, -0.1) is 0 Å². The lowest BCUT2D eigenvalue weighted by Gasteiger charge is -2.37. The maximum absolute atomic E-state index is 12.3. The van der Waals surface area contributed by atoms with E-state index in [9.17, 15) is 4.79 Å². The number of rotatable bonds is 4. The molecular formula is C17H23NO4. The topological polar surface area (TPSA) is 48.0 Å². The Balaban J connectivity index is 1.48. The van der Waals surface area contributed by atoms with Crippen molar-refractivity contribution in [2.45, 2.75) is 31.5 Å². The molecule has 120 valence electrons. The summed E-state index contributed by atoms with van der Waals surface area (Å²) in [6.07, 6.45) is 2.82. The molecule has 3 rings (SSSR count). The minimum absolute atomic E-state index is 0.204. The standard InChI is InChI=1S/C17H23NO4/c1-20-15-4-2-3-14(13-15)5-6-16(19)18-9-7-17(8-10-18)21-11-12-22-17/h2-4,13H,5-12H2,1H3. The van der Waals surface area contributed by atoms with E-state index in [2.05, 4.69) is 0 Å². The number of aryl methyl sites for hydroxylation is 1. The fourth-order valence-electron chi connectivity index (χ4n) is 3.12. The van der Waals surface area contributed by atoms with Gasteiger partial charge in [-0.2, -0.15) is 0 Å². The van der Waals surface area contributed by atoms with Crippen LogP contribution in [0.4, 0.5) is 0 Å². The second kappa shape index (κ2) is 6.67. The number of likely N-dealkylation sites (tertiary alicyclic amines) is 1. The maximum Gasteiger partial charge on any atom is 0.222 e. The summed E-state index contributed by atoms with van der Waals surface area (Å²) in [6, 6.07) is 7.88. The molecule has 2 fully saturated rings. The summed E-state index contributed by atoms with van der Waals surface area (Å²) < 4.78 is 16.6. The molecule has 2 heterocycles. The highest BCUT2D eigenvalue weighted by atomic mass is 16.7. The van der Waals surface area contributed by atoms with E-state index in [0.717, 1.165) is 43.7 Å². The molecule has 2 aliphatic heterocycles. The van der Waals surface area contributed by atoms with Crippen molar-refractivity contribution in [1.82, 2.24) is 4.90 Å². The van der Waals surface area contributed by atoms with Gasteiger partial charge in [0.05, 0.1) is 20.3 Å². The Bertz CT molecular complexity index is 515. The summed E-state index contributed by atoms with van der Waals surface area (Å²) in [5.74, 6) is 0.625. The Morgan fingerprint density at radius 2 is 2.00 bits per heavy atom. The average Bonchev–Trinajstić information content (AvgIpc) is 3.01. The van der Waals surface area contributed by atoms with Gasteiger partial charge >= 0.3 is 0 Å². The number of benzene rings is 1. The number of ether oxygens (including phenoxy) is 3. The number of nitrogens with zero attached hydrogens (tertiary/aromatic N) is 1. The average molecular weight is 305 g/mol. The van der Waals surface area contributed by atoms with Crippen LogP contribution >= 0.6 is 0 Å². The third-order valence-corrected chi connectivity index (χ3v) is 4.45. The van der Waals surface area contributed by atoms with Crippen LogP contribution in [0.25, 0.3) is 0 Å². The van der Waals surface area contributed by atoms with Gasteiger partial charge in [0.15, 0.2) is 5.79 Å². The van der Waals surface area contributed by atoms with Gasteiger partial charge < -0.3 is 19.1 Å². The van der Waals surface area contributed by atoms with E-state index in [1.54, 1.807) is 7.11 Å². The van der Waals surface area contributed by atoms with Gasteiger partial charge in [0.1, 0.15) is 5.75 Å². The van der Waals surface area contributed by atoms with Crippen molar-refractivity contribution < 1.29 is 19.0 Å². The van der Waals surface area contributed by atoms with Gasteiger partial charge in [0, 0.05) is 32.4 Å². The molecule has 0 unspecified atom stereocenters. The Hall–Kier alpha value is -1.59. The van der Waals surface area contributed by atoms with Gasteiger partial charge in [0.2, 0.25) is 5.91 Å². The van der Waals surface area contributed by atoms with Crippen molar-refractivity contribution in [3.8, 4) is 5.75 Å². The highest BCUT2D eigenvalue weighted by molar-refractivity contribution is 5.76. The van der Waals surface area contributed by atoms with Crippen LogP contribution in [-0.4, -0.2) is 50.0 Å². The summed E-state index contributed by atoms with van der Waals surface area (Å²) in [6.45, 7) is 2.78. The predicted molar refractivity (Wildman–Crippen MR) is 81.8 cm³/mol. The first kappa shape index (κ1) is 15.3. The van der Waals surface area contributed by atoms with Gasteiger partial charge in [-0.25, -0.2) is 0 Å². The zero-order valence-corrected chi connectivity index (χ0v) is 13.0. The number of hydrogen-bond donors (Lipinski definition) is 0. The number of hydrogen-bond acceptors (Lipinski definition) is 4.